The average molecular weight is 173 g/mol. The molecule has 0 amide bonds. The first-order valence-corrected chi connectivity index (χ1v) is 2.10. The molecule has 0 fully saturated rings. The van der Waals surface area contributed by atoms with E-state index in [1.807, 2.05) is 0 Å². The van der Waals surface area contributed by atoms with Crippen LogP contribution in [0.1, 0.15) is 0 Å². The van der Waals surface area contributed by atoms with E-state index < -0.39 is 0 Å². The number of hydrogen-bond donors (Lipinski definition) is 0. The van der Waals surface area contributed by atoms with E-state index in [1.165, 1.54) is 12.5 Å². The minimum Gasteiger partial charge on any atom is -1.00 e. The van der Waals surface area contributed by atoms with Crippen molar-refractivity contribution in [2.75, 3.05) is 0 Å². The van der Waals surface area contributed by atoms with Crippen LogP contribution in [0.4, 0.5) is 0 Å². The molecule has 0 N–H and O–H groups in total. The van der Waals surface area contributed by atoms with E-state index in [9.17, 15) is 0 Å². The molecule has 0 unspecified atom stereocenters. The van der Waals surface area contributed by atoms with Gasteiger partial charge < -0.3 is 18.5 Å². The Hall–Kier alpha value is 0.426. The summed E-state index contributed by atoms with van der Waals surface area (Å²) in [4.78, 5) is 7.17. The molecule has 0 aliphatic rings. The molecular formula is C4H2Cl2MgN2. The minimum absolute atomic E-state index is 0. The molecule has 0 bridgehead atoms. The summed E-state index contributed by atoms with van der Waals surface area (Å²) in [5.74, 6) is 0. The minimum atomic E-state index is 0. The second-order valence-corrected chi connectivity index (χ2v) is 1.32. The van der Waals surface area contributed by atoms with Gasteiger partial charge in [-0.05, 0) is 5.15 Å². The van der Waals surface area contributed by atoms with Crippen LogP contribution in [0, 0.1) is 6.07 Å². The molecule has 0 atom stereocenters. The summed E-state index contributed by atoms with van der Waals surface area (Å²) in [6, 6.07) is 2.57. The van der Waals surface area contributed by atoms with E-state index >= 15 is 0 Å². The van der Waals surface area contributed by atoms with Crippen LogP contribution < -0.4 is 12.4 Å². The zero-order valence-corrected chi connectivity index (χ0v) is 7.44. The molecule has 9 heavy (non-hydrogen) atoms. The average Bonchev–Trinajstić information content (AvgIpc) is 1.69. The zero-order valence-electron chi connectivity index (χ0n) is 4.51. The van der Waals surface area contributed by atoms with Crippen LogP contribution in [-0.2, 0) is 0 Å². The first-order chi connectivity index (χ1) is 3.39. The molecular weight excluding hydrogens is 171 g/mol. The van der Waals surface area contributed by atoms with Crippen molar-refractivity contribution in [3.8, 4) is 0 Å². The van der Waals surface area contributed by atoms with Gasteiger partial charge in [0.15, 0.2) is 0 Å². The summed E-state index contributed by atoms with van der Waals surface area (Å²) in [6.45, 7) is 0. The van der Waals surface area contributed by atoms with Crippen molar-refractivity contribution in [3.05, 3.63) is 23.7 Å². The van der Waals surface area contributed by atoms with Gasteiger partial charge in [0.25, 0.3) is 0 Å². The quantitative estimate of drug-likeness (QED) is 0.247. The summed E-state index contributed by atoms with van der Waals surface area (Å²) in [6.07, 6.45) is 2.84. The Bertz CT molecular complexity index is 146. The molecule has 44 valence electrons. The van der Waals surface area contributed by atoms with E-state index in [1.54, 1.807) is 0 Å². The van der Waals surface area contributed by atoms with E-state index in [0.717, 1.165) is 0 Å². The van der Waals surface area contributed by atoms with Gasteiger partial charge in [0.05, 0.1) is 0 Å². The molecule has 1 heterocycles. The fourth-order valence-electron chi connectivity index (χ4n) is 0.245. The fourth-order valence-corrected chi connectivity index (χ4v) is 0.338. The van der Waals surface area contributed by atoms with Gasteiger partial charge in [0.2, 0.25) is 0 Å². The largest absolute Gasteiger partial charge is 2.00 e. The topological polar surface area (TPSA) is 25.8 Å². The second kappa shape index (κ2) is 6.54. The molecule has 0 saturated heterocycles. The van der Waals surface area contributed by atoms with Crippen LogP contribution in [-0.4, -0.2) is 33.0 Å². The van der Waals surface area contributed by atoms with Crippen molar-refractivity contribution < 1.29 is 12.4 Å². The van der Waals surface area contributed by atoms with Crippen molar-refractivity contribution in [1.29, 1.82) is 0 Å². The Morgan fingerprint density at radius 1 is 1.56 bits per heavy atom. The fraction of sp³-hybridized carbons (Fsp3) is 0. The van der Waals surface area contributed by atoms with Crippen LogP contribution >= 0.6 is 11.6 Å². The Labute approximate surface area is 80.6 Å². The van der Waals surface area contributed by atoms with Crippen molar-refractivity contribution in [2.45, 2.75) is 0 Å². The smallest absolute Gasteiger partial charge is 1.00 e. The van der Waals surface area contributed by atoms with Gasteiger partial charge >= 0.3 is 23.1 Å². The summed E-state index contributed by atoms with van der Waals surface area (Å²) in [7, 11) is 0. The summed E-state index contributed by atoms with van der Waals surface area (Å²) < 4.78 is 0. The second-order valence-electron chi connectivity index (χ2n) is 0.958. The molecule has 1 rings (SSSR count). The van der Waals surface area contributed by atoms with Crippen molar-refractivity contribution in [3.63, 3.8) is 0 Å². The van der Waals surface area contributed by atoms with Crippen molar-refractivity contribution in [1.82, 2.24) is 9.97 Å². The molecule has 0 radical (unpaired) electrons. The number of halogens is 2. The van der Waals surface area contributed by atoms with E-state index in [2.05, 4.69) is 16.0 Å². The van der Waals surface area contributed by atoms with Crippen LogP contribution in [0.5, 0.6) is 0 Å². The van der Waals surface area contributed by atoms with Gasteiger partial charge in [-0.2, -0.15) is 0 Å². The molecule has 1 aromatic rings. The third-order valence-corrected chi connectivity index (χ3v) is 0.703. The predicted octanol–water partition coefficient (Wildman–Crippen LogP) is -2.45. The van der Waals surface area contributed by atoms with Crippen LogP contribution in [0.2, 0.25) is 5.15 Å². The van der Waals surface area contributed by atoms with Gasteiger partial charge in [-0.15, -0.1) is 17.8 Å². The van der Waals surface area contributed by atoms with Crippen LogP contribution in [0.25, 0.3) is 0 Å². The first-order valence-electron chi connectivity index (χ1n) is 1.73. The summed E-state index contributed by atoms with van der Waals surface area (Å²) in [5, 5.41) is 0.356. The molecule has 2 nitrogen and oxygen atoms in total. The van der Waals surface area contributed by atoms with E-state index in [-0.39, 0.29) is 35.5 Å². The maximum Gasteiger partial charge on any atom is 2.00 e. The maximum absolute atomic E-state index is 5.33. The number of rotatable bonds is 0. The Kier molecular flexibility index (Phi) is 8.83. The monoisotopic (exact) mass is 172 g/mol. The normalized spacial score (nSPS) is 6.78. The number of aromatic nitrogens is 2. The van der Waals surface area contributed by atoms with Gasteiger partial charge in [-0.3, -0.25) is 9.97 Å². The van der Waals surface area contributed by atoms with E-state index in [4.69, 9.17) is 11.6 Å². The van der Waals surface area contributed by atoms with Gasteiger partial charge in [0.1, 0.15) is 6.33 Å². The molecule has 0 saturated carbocycles. The molecule has 0 aliphatic heterocycles. The molecule has 0 aromatic carbocycles. The third kappa shape index (κ3) is 4.90. The van der Waals surface area contributed by atoms with E-state index in [0.29, 0.717) is 5.15 Å². The Balaban J connectivity index is 0. The zero-order chi connectivity index (χ0) is 5.11. The first kappa shape index (κ1) is 12.1. The molecule has 0 aliphatic carbocycles. The Morgan fingerprint density at radius 3 is 2.44 bits per heavy atom. The Morgan fingerprint density at radius 2 is 2.22 bits per heavy atom. The standard InChI is InChI=1S/C4H2ClN2.ClH.Mg/c5-4-1-2-6-3-7-4;;/h2-3H;1H;/q-1;;+2/p-1. The summed E-state index contributed by atoms with van der Waals surface area (Å²) in [5.41, 5.74) is 0. The SMILES string of the molecule is Clc1[c-]cncn1.[Cl-].[Mg+2]. The van der Waals surface area contributed by atoms with Gasteiger partial charge in [-0.25, -0.2) is 0 Å². The van der Waals surface area contributed by atoms with Crippen LogP contribution in [0.3, 0.4) is 0 Å². The predicted molar refractivity (Wildman–Crippen MR) is 31.6 cm³/mol. The molecule has 0 spiro atoms. The van der Waals surface area contributed by atoms with Crippen LogP contribution in [0.15, 0.2) is 12.5 Å². The molecule has 5 heteroatoms. The van der Waals surface area contributed by atoms with Gasteiger partial charge in [0, 0.05) is 0 Å². The third-order valence-electron chi connectivity index (χ3n) is 0.496. The van der Waals surface area contributed by atoms with Crippen molar-refractivity contribution >= 4 is 34.7 Å². The number of nitrogens with zero attached hydrogens (tertiary/aromatic N) is 2. The maximum atomic E-state index is 5.33. The van der Waals surface area contributed by atoms with Crippen molar-refractivity contribution in [2.24, 2.45) is 0 Å². The molecule has 1 aromatic heterocycles. The summed E-state index contributed by atoms with van der Waals surface area (Å²) >= 11 is 5.33. The number of hydrogen-bond acceptors (Lipinski definition) is 2. The van der Waals surface area contributed by atoms with Gasteiger partial charge in [-0.1, -0.05) is 0 Å².